The Morgan fingerprint density at radius 1 is 1.32 bits per heavy atom. The lowest BCUT2D eigenvalue weighted by Gasteiger charge is -2.40. The van der Waals surface area contributed by atoms with Gasteiger partial charge in [0.05, 0.1) is 6.54 Å². The third-order valence-electron chi connectivity index (χ3n) is 3.76. The van der Waals surface area contributed by atoms with Gasteiger partial charge in [-0.3, -0.25) is 9.59 Å². The standard InChI is InChI=1S/C14H24N2O2S/c1-14(2,3)12-13(18)16(9-11(17)15-12)8-10-6-4-5-7-19-10/h10,12H,4-9H2,1-3H3,(H,15,17). The van der Waals surface area contributed by atoms with Crippen molar-refractivity contribution in [2.75, 3.05) is 18.8 Å². The molecule has 0 saturated carbocycles. The van der Waals surface area contributed by atoms with Crippen LogP contribution in [-0.4, -0.2) is 46.8 Å². The molecule has 2 atom stereocenters. The van der Waals surface area contributed by atoms with Crippen molar-refractivity contribution in [3.05, 3.63) is 0 Å². The number of thioether (sulfide) groups is 1. The first-order chi connectivity index (χ1) is 8.88. The second kappa shape index (κ2) is 5.73. The van der Waals surface area contributed by atoms with E-state index in [0.29, 0.717) is 5.25 Å². The van der Waals surface area contributed by atoms with Crippen LogP contribution in [0.2, 0.25) is 0 Å². The van der Waals surface area contributed by atoms with Crippen molar-refractivity contribution in [3.63, 3.8) is 0 Å². The van der Waals surface area contributed by atoms with Gasteiger partial charge in [0, 0.05) is 11.8 Å². The number of hydrogen-bond acceptors (Lipinski definition) is 3. The second-order valence-corrected chi connectivity index (χ2v) is 7.98. The van der Waals surface area contributed by atoms with Gasteiger partial charge in [0.25, 0.3) is 0 Å². The van der Waals surface area contributed by atoms with Gasteiger partial charge in [-0.15, -0.1) is 0 Å². The summed E-state index contributed by atoms with van der Waals surface area (Å²) < 4.78 is 0. The van der Waals surface area contributed by atoms with Crippen LogP contribution in [-0.2, 0) is 9.59 Å². The quantitative estimate of drug-likeness (QED) is 0.839. The molecule has 2 unspecified atom stereocenters. The third-order valence-corrected chi connectivity index (χ3v) is 5.14. The lowest BCUT2D eigenvalue weighted by Crippen LogP contribution is -2.63. The molecule has 0 spiro atoms. The van der Waals surface area contributed by atoms with Crippen molar-refractivity contribution in [1.82, 2.24) is 10.2 Å². The van der Waals surface area contributed by atoms with Crippen LogP contribution in [0.4, 0.5) is 0 Å². The summed E-state index contributed by atoms with van der Waals surface area (Å²) in [6.07, 6.45) is 3.69. The Hall–Kier alpha value is -0.710. The van der Waals surface area contributed by atoms with Crippen LogP contribution in [0.1, 0.15) is 40.0 Å². The van der Waals surface area contributed by atoms with Gasteiger partial charge in [0.15, 0.2) is 0 Å². The Bertz CT molecular complexity index is 359. The number of amides is 2. The molecule has 0 aromatic heterocycles. The lowest BCUT2D eigenvalue weighted by molar-refractivity contribution is -0.147. The molecular formula is C14H24N2O2S. The zero-order valence-electron chi connectivity index (χ0n) is 12.1. The van der Waals surface area contributed by atoms with E-state index in [-0.39, 0.29) is 29.8 Å². The SMILES string of the molecule is CC(C)(C)C1NC(=O)CN(CC2CCCCS2)C1=O. The van der Waals surface area contributed by atoms with Gasteiger partial charge in [0.2, 0.25) is 11.8 Å². The number of piperazine rings is 1. The molecule has 4 nitrogen and oxygen atoms in total. The molecule has 1 N–H and O–H groups in total. The van der Waals surface area contributed by atoms with Crippen LogP contribution in [0, 0.1) is 5.41 Å². The van der Waals surface area contributed by atoms with E-state index in [1.165, 1.54) is 18.6 Å². The zero-order valence-corrected chi connectivity index (χ0v) is 12.9. The van der Waals surface area contributed by atoms with Crippen molar-refractivity contribution in [1.29, 1.82) is 0 Å². The zero-order chi connectivity index (χ0) is 14.0. The highest BCUT2D eigenvalue weighted by Gasteiger charge is 2.40. The maximum Gasteiger partial charge on any atom is 0.246 e. The Kier molecular flexibility index (Phi) is 4.43. The summed E-state index contributed by atoms with van der Waals surface area (Å²) in [5, 5.41) is 3.34. The van der Waals surface area contributed by atoms with Gasteiger partial charge >= 0.3 is 0 Å². The number of carbonyl (C=O) groups excluding carboxylic acids is 2. The maximum atomic E-state index is 12.5. The van der Waals surface area contributed by atoms with Gasteiger partial charge in [0.1, 0.15) is 6.04 Å². The van der Waals surface area contributed by atoms with Gasteiger partial charge < -0.3 is 10.2 Å². The van der Waals surface area contributed by atoms with Gasteiger partial charge in [-0.1, -0.05) is 27.2 Å². The Balaban J connectivity index is 2.02. The first kappa shape index (κ1) is 14.7. The molecule has 5 heteroatoms. The lowest BCUT2D eigenvalue weighted by atomic mass is 9.84. The van der Waals surface area contributed by atoms with Crippen LogP contribution in [0.25, 0.3) is 0 Å². The highest BCUT2D eigenvalue weighted by molar-refractivity contribution is 7.99. The predicted molar refractivity (Wildman–Crippen MR) is 78.1 cm³/mol. The van der Waals surface area contributed by atoms with Crippen LogP contribution >= 0.6 is 11.8 Å². The van der Waals surface area contributed by atoms with E-state index < -0.39 is 0 Å². The summed E-state index contributed by atoms with van der Waals surface area (Å²) >= 11 is 1.94. The predicted octanol–water partition coefficient (Wildman–Crippen LogP) is 1.65. The molecule has 19 heavy (non-hydrogen) atoms. The summed E-state index contributed by atoms with van der Waals surface area (Å²) in [7, 11) is 0. The third kappa shape index (κ3) is 3.65. The molecule has 2 aliphatic rings. The highest BCUT2D eigenvalue weighted by Crippen LogP contribution is 2.28. The first-order valence-electron chi connectivity index (χ1n) is 7.07. The van der Waals surface area contributed by atoms with Crippen molar-refractivity contribution in [2.24, 2.45) is 5.41 Å². The normalized spacial score (nSPS) is 29.3. The highest BCUT2D eigenvalue weighted by atomic mass is 32.2. The van der Waals surface area contributed by atoms with Gasteiger partial charge in [-0.25, -0.2) is 0 Å². The fourth-order valence-electron chi connectivity index (χ4n) is 2.64. The summed E-state index contributed by atoms with van der Waals surface area (Å²) in [6, 6.07) is -0.387. The Morgan fingerprint density at radius 2 is 2.05 bits per heavy atom. The summed E-state index contributed by atoms with van der Waals surface area (Å²) in [5.74, 6) is 1.24. The number of nitrogens with zero attached hydrogens (tertiary/aromatic N) is 1. The van der Waals surface area contributed by atoms with E-state index in [1.54, 1.807) is 4.90 Å². The van der Waals surface area contributed by atoms with Crippen LogP contribution in [0.5, 0.6) is 0 Å². The topological polar surface area (TPSA) is 49.4 Å². The minimum absolute atomic E-state index is 0.0275. The second-order valence-electron chi connectivity index (χ2n) is 6.57. The molecule has 0 aromatic carbocycles. The van der Waals surface area contributed by atoms with E-state index in [9.17, 15) is 9.59 Å². The van der Waals surface area contributed by atoms with Crippen molar-refractivity contribution in [3.8, 4) is 0 Å². The molecule has 2 heterocycles. The van der Waals surface area contributed by atoms with E-state index in [4.69, 9.17) is 0 Å². The van der Waals surface area contributed by atoms with Crippen LogP contribution in [0.3, 0.4) is 0 Å². The molecule has 2 aliphatic heterocycles. The van der Waals surface area contributed by atoms with Crippen LogP contribution < -0.4 is 5.32 Å². The molecule has 0 radical (unpaired) electrons. The van der Waals surface area contributed by atoms with Gasteiger partial charge in [-0.05, 0) is 24.0 Å². The van der Waals surface area contributed by atoms with E-state index in [0.717, 1.165) is 13.0 Å². The van der Waals surface area contributed by atoms with E-state index in [2.05, 4.69) is 5.32 Å². The van der Waals surface area contributed by atoms with Gasteiger partial charge in [-0.2, -0.15) is 11.8 Å². The fraction of sp³-hybridized carbons (Fsp3) is 0.857. The largest absolute Gasteiger partial charge is 0.342 e. The van der Waals surface area contributed by atoms with E-state index >= 15 is 0 Å². The molecule has 2 amide bonds. The minimum Gasteiger partial charge on any atom is -0.342 e. The molecule has 0 bridgehead atoms. The summed E-state index contributed by atoms with van der Waals surface area (Å²) in [6.45, 7) is 6.93. The monoisotopic (exact) mass is 284 g/mol. The number of nitrogens with one attached hydrogen (secondary N) is 1. The molecule has 0 aromatic rings. The van der Waals surface area contributed by atoms with Crippen LogP contribution in [0.15, 0.2) is 0 Å². The first-order valence-corrected chi connectivity index (χ1v) is 8.12. The summed E-state index contributed by atoms with van der Waals surface area (Å²) in [5.41, 5.74) is -0.231. The molecule has 2 rings (SSSR count). The molecular weight excluding hydrogens is 260 g/mol. The smallest absolute Gasteiger partial charge is 0.246 e. The molecule has 2 saturated heterocycles. The average molecular weight is 284 g/mol. The number of carbonyl (C=O) groups is 2. The van der Waals surface area contributed by atoms with Crippen molar-refractivity contribution >= 4 is 23.6 Å². The van der Waals surface area contributed by atoms with E-state index in [1.807, 2.05) is 32.5 Å². The fourth-order valence-corrected chi connectivity index (χ4v) is 3.96. The minimum atomic E-state index is -0.387. The number of rotatable bonds is 2. The Morgan fingerprint density at radius 3 is 2.63 bits per heavy atom. The summed E-state index contributed by atoms with van der Waals surface area (Å²) in [4.78, 5) is 26.1. The molecule has 108 valence electrons. The van der Waals surface area contributed by atoms with Crippen molar-refractivity contribution < 1.29 is 9.59 Å². The Labute approximate surface area is 119 Å². The maximum absolute atomic E-state index is 12.5. The average Bonchev–Trinajstić information content (AvgIpc) is 2.33. The van der Waals surface area contributed by atoms with Crippen molar-refractivity contribution in [2.45, 2.75) is 51.3 Å². The molecule has 2 fully saturated rings. The number of hydrogen-bond donors (Lipinski definition) is 1. The molecule has 0 aliphatic carbocycles.